The third-order valence-electron chi connectivity index (χ3n) is 5.82. The first-order chi connectivity index (χ1) is 14.2. The Bertz CT molecular complexity index is 1000. The fourth-order valence-electron chi connectivity index (χ4n) is 4.39. The summed E-state index contributed by atoms with van der Waals surface area (Å²) in [6, 6.07) is 17.0. The Morgan fingerprint density at radius 1 is 0.966 bits per heavy atom. The molecule has 3 aliphatic rings. The van der Waals surface area contributed by atoms with Crippen molar-refractivity contribution in [2.24, 2.45) is 4.99 Å². The van der Waals surface area contributed by atoms with Crippen LogP contribution in [0.5, 0.6) is 0 Å². The fraction of sp³-hybridized carbons (Fsp3) is 0.304. The minimum Gasteiger partial charge on any atom is -0.314 e. The van der Waals surface area contributed by atoms with Crippen molar-refractivity contribution in [3.63, 3.8) is 0 Å². The quantitative estimate of drug-likeness (QED) is 0.806. The van der Waals surface area contributed by atoms with Crippen molar-refractivity contribution in [1.82, 2.24) is 14.7 Å². The number of halogens is 1. The molecule has 0 unspecified atom stereocenters. The summed E-state index contributed by atoms with van der Waals surface area (Å²) in [6.07, 6.45) is 0.834. The van der Waals surface area contributed by atoms with Gasteiger partial charge in [0.2, 0.25) is 5.96 Å². The van der Waals surface area contributed by atoms with E-state index in [4.69, 9.17) is 0 Å². The molecule has 0 N–H and O–H groups in total. The van der Waals surface area contributed by atoms with Gasteiger partial charge in [-0.2, -0.15) is 0 Å². The molecule has 0 spiro atoms. The maximum atomic E-state index is 14.2. The summed E-state index contributed by atoms with van der Waals surface area (Å²) in [7, 11) is 0. The summed E-state index contributed by atoms with van der Waals surface area (Å²) in [4.78, 5) is 24.1. The number of nitrogens with zero attached hydrogens (tertiary/aromatic N) is 4. The summed E-state index contributed by atoms with van der Waals surface area (Å²) < 4.78 is 14.2. The second kappa shape index (κ2) is 7.44. The fourth-order valence-corrected chi connectivity index (χ4v) is 4.39. The molecule has 5 rings (SSSR count). The number of benzene rings is 2. The second-order valence-corrected chi connectivity index (χ2v) is 7.69. The average Bonchev–Trinajstić information content (AvgIpc) is 3.23. The van der Waals surface area contributed by atoms with Crippen LogP contribution < -0.4 is 0 Å². The molecule has 0 aliphatic carbocycles. The molecule has 0 saturated carbocycles. The van der Waals surface area contributed by atoms with Crippen LogP contribution in [0.3, 0.4) is 0 Å². The van der Waals surface area contributed by atoms with Crippen LogP contribution in [0.4, 0.5) is 4.39 Å². The standard InChI is InChI=1S/C23H23FN4O/c24-20-9-5-4-8-18(20)15-28-22(29)19-16-26(14-17-6-2-1-3-7-17)12-10-21(19)27-13-11-25-23(27)28/h1-9H,10-16H2. The Kier molecular flexibility index (Phi) is 4.64. The van der Waals surface area contributed by atoms with Crippen molar-refractivity contribution in [3.05, 3.63) is 82.8 Å². The van der Waals surface area contributed by atoms with Crippen LogP contribution in [0, 0.1) is 5.82 Å². The predicted octanol–water partition coefficient (Wildman–Crippen LogP) is 3.00. The van der Waals surface area contributed by atoms with Crippen LogP contribution in [0.2, 0.25) is 0 Å². The lowest BCUT2D eigenvalue weighted by Crippen LogP contribution is -2.53. The van der Waals surface area contributed by atoms with Gasteiger partial charge in [-0.25, -0.2) is 4.39 Å². The molecule has 2 aromatic rings. The number of guanidine groups is 1. The summed E-state index contributed by atoms with van der Waals surface area (Å²) in [5, 5.41) is 0. The Hall–Kier alpha value is -2.99. The number of carbonyl (C=O) groups is 1. The predicted molar refractivity (Wildman–Crippen MR) is 109 cm³/mol. The summed E-state index contributed by atoms with van der Waals surface area (Å²) in [5.74, 6) is 0.339. The minimum absolute atomic E-state index is 0.0436. The molecule has 148 valence electrons. The van der Waals surface area contributed by atoms with Crippen molar-refractivity contribution in [2.45, 2.75) is 19.5 Å². The third-order valence-corrected chi connectivity index (χ3v) is 5.82. The van der Waals surface area contributed by atoms with Crippen LogP contribution >= 0.6 is 0 Å². The number of carbonyl (C=O) groups excluding carboxylic acids is 1. The number of rotatable bonds is 4. The van der Waals surface area contributed by atoms with Crippen LogP contribution in [-0.4, -0.2) is 52.7 Å². The van der Waals surface area contributed by atoms with Gasteiger partial charge in [-0.3, -0.25) is 19.6 Å². The normalized spacial score (nSPS) is 19.3. The number of aliphatic imine (C=N–C) groups is 1. The van der Waals surface area contributed by atoms with Crippen molar-refractivity contribution < 1.29 is 9.18 Å². The zero-order chi connectivity index (χ0) is 19.8. The highest BCUT2D eigenvalue weighted by Crippen LogP contribution is 2.32. The van der Waals surface area contributed by atoms with Gasteiger partial charge in [-0.05, 0) is 11.6 Å². The monoisotopic (exact) mass is 390 g/mol. The van der Waals surface area contributed by atoms with Gasteiger partial charge in [0.05, 0.1) is 18.7 Å². The number of hydrogen-bond acceptors (Lipinski definition) is 4. The zero-order valence-electron chi connectivity index (χ0n) is 16.2. The number of hydrogen-bond donors (Lipinski definition) is 0. The molecular formula is C23H23FN4O. The molecule has 0 aromatic heterocycles. The van der Waals surface area contributed by atoms with Crippen molar-refractivity contribution in [1.29, 1.82) is 0 Å². The highest BCUT2D eigenvalue weighted by atomic mass is 19.1. The lowest BCUT2D eigenvalue weighted by atomic mass is 10.00. The molecule has 1 amide bonds. The first-order valence-electron chi connectivity index (χ1n) is 10.1. The van der Waals surface area contributed by atoms with E-state index in [0.717, 1.165) is 37.3 Å². The summed E-state index contributed by atoms with van der Waals surface area (Å²) in [6.45, 7) is 4.00. The Balaban J connectivity index is 1.42. The minimum atomic E-state index is -0.292. The largest absolute Gasteiger partial charge is 0.314 e. The van der Waals surface area contributed by atoms with Crippen molar-refractivity contribution >= 4 is 11.9 Å². The van der Waals surface area contributed by atoms with E-state index in [1.165, 1.54) is 11.6 Å². The van der Waals surface area contributed by atoms with E-state index in [-0.39, 0.29) is 18.3 Å². The van der Waals surface area contributed by atoms with Gasteiger partial charge in [0, 0.05) is 43.9 Å². The molecule has 0 saturated heterocycles. The Labute approximate surface area is 169 Å². The molecule has 0 radical (unpaired) electrons. The summed E-state index contributed by atoms with van der Waals surface area (Å²) in [5.41, 5.74) is 3.67. The lowest BCUT2D eigenvalue weighted by Gasteiger charge is -2.42. The number of fused-ring (bicyclic) bond motifs is 2. The molecule has 29 heavy (non-hydrogen) atoms. The van der Waals surface area contributed by atoms with E-state index in [1.807, 2.05) is 18.2 Å². The van der Waals surface area contributed by atoms with Crippen LogP contribution in [-0.2, 0) is 17.9 Å². The first-order valence-corrected chi connectivity index (χ1v) is 10.1. The maximum Gasteiger partial charge on any atom is 0.259 e. The van der Waals surface area contributed by atoms with E-state index >= 15 is 0 Å². The van der Waals surface area contributed by atoms with Gasteiger partial charge in [0.25, 0.3) is 5.91 Å². The Morgan fingerprint density at radius 3 is 2.59 bits per heavy atom. The smallest absolute Gasteiger partial charge is 0.259 e. The molecule has 6 heteroatoms. The van der Waals surface area contributed by atoms with Crippen molar-refractivity contribution in [3.8, 4) is 0 Å². The van der Waals surface area contributed by atoms with Gasteiger partial charge in [0.15, 0.2) is 0 Å². The second-order valence-electron chi connectivity index (χ2n) is 7.69. The average molecular weight is 390 g/mol. The summed E-state index contributed by atoms with van der Waals surface area (Å²) >= 11 is 0. The van der Waals surface area contributed by atoms with Gasteiger partial charge in [-0.1, -0.05) is 48.5 Å². The third kappa shape index (κ3) is 3.34. The lowest BCUT2D eigenvalue weighted by molar-refractivity contribution is -0.125. The van der Waals surface area contributed by atoms with E-state index in [2.05, 4.69) is 26.9 Å². The molecule has 3 heterocycles. The molecule has 2 aromatic carbocycles. The highest BCUT2D eigenvalue weighted by Gasteiger charge is 2.41. The van der Waals surface area contributed by atoms with Crippen molar-refractivity contribution in [2.75, 3.05) is 26.2 Å². The van der Waals surface area contributed by atoms with Gasteiger partial charge in [0.1, 0.15) is 5.82 Å². The van der Waals surface area contributed by atoms with E-state index in [1.54, 1.807) is 23.1 Å². The maximum absolute atomic E-state index is 14.2. The van der Waals surface area contributed by atoms with E-state index < -0.39 is 0 Å². The van der Waals surface area contributed by atoms with Gasteiger partial charge in [-0.15, -0.1) is 0 Å². The number of amides is 1. The van der Waals surface area contributed by atoms with Crippen LogP contribution in [0.25, 0.3) is 0 Å². The van der Waals surface area contributed by atoms with Gasteiger partial charge >= 0.3 is 0 Å². The molecule has 3 aliphatic heterocycles. The first kappa shape index (κ1) is 18.1. The zero-order valence-corrected chi connectivity index (χ0v) is 16.2. The van der Waals surface area contributed by atoms with Crippen LogP contribution in [0.15, 0.2) is 70.9 Å². The molecule has 0 fully saturated rings. The van der Waals surface area contributed by atoms with E-state index in [9.17, 15) is 9.18 Å². The van der Waals surface area contributed by atoms with Gasteiger partial charge < -0.3 is 4.90 Å². The molecule has 5 nitrogen and oxygen atoms in total. The van der Waals surface area contributed by atoms with E-state index in [0.29, 0.717) is 24.6 Å². The SMILES string of the molecule is O=C1C2=C(CCN(Cc3ccccc3)C2)N2CCN=C2N1Cc1ccccc1F. The molecule has 0 atom stereocenters. The molecular weight excluding hydrogens is 367 g/mol. The van der Waals surface area contributed by atoms with Crippen LogP contribution in [0.1, 0.15) is 17.5 Å². The molecule has 0 bridgehead atoms. The topological polar surface area (TPSA) is 39.2 Å². The Morgan fingerprint density at radius 2 is 1.76 bits per heavy atom. The highest BCUT2D eigenvalue weighted by molar-refractivity contribution is 6.09.